The average molecular weight is 185 g/mol. The molecule has 0 amide bonds. The number of hydrogen-bond acceptors (Lipinski definition) is 4. The second kappa shape index (κ2) is 4.10. The van der Waals surface area contributed by atoms with Gasteiger partial charge in [-0.2, -0.15) is 5.10 Å². The molecule has 1 aromatic heterocycles. The highest BCUT2D eigenvalue weighted by Crippen LogP contribution is 2.13. The highest BCUT2D eigenvalue weighted by molar-refractivity contribution is 7.99. The molecule has 0 aliphatic carbocycles. The fourth-order valence-electron chi connectivity index (χ4n) is 0.669. The monoisotopic (exact) mass is 185 g/mol. The van der Waals surface area contributed by atoms with E-state index in [0.29, 0.717) is 6.42 Å². The number of hydrogen-bond donors (Lipinski definition) is 2. The van der Waals surface area contributed by atoms with E-state index in [-0.39, 0.29) is 5.84 Å². The maximum absolute atomic E-state index is 7.00. The summed E-state index contributed by atoms with van der Waals surface area (Å²) >= 11 is 1.55. The summed E-state index contributed by atoms with van der Waals surface area (Å²) in [6.45, 7) is 0. The zero-order chi connectivity index (χ0) is 8.97. The highest BCUT2D eigenvalue weighted by atomic mass is 32.2. The molecule has 0 radical (unpaired) electrons. The van der Waals surface area contributed by atoms with Gasteiger partial charge in [-0.25, -0.2) is 9.67 Å². The lowest BCUT2D eigenvalue weighted by Gasteiger charge is -1.98. The maximum Gasteiger partial charge on any atom is 0.185 e. The van der Waals surface area contributed by atoms with Crippen molar-refractivity contribution in [3.8, 4) is 0 Å². The summed E-state index contributed by atoms with van der Waals surface area (Å²) in [5.74, 6) is 0.992. The zero-order valence-corrected chi connectivity index (χ0v) is 7.64. The number of aryl methyl sites for hydroxylation is 1. The number of amidine groups is 1. The largest absolute Gasteiger partial charge is 0.388 e. The number of nitrogens with one attached hydrogen (secondary N) is 1. The van der Waals surface area contributed by atoms with Gasteiger partial charge in [0.1, 0.15) is 6.33 Å². The number of nitrogens with zero attached hydrogens (tertiary/aromatic N) is 3. The van der Waals surface area contributed by atoms with Crippen molar-refractivity contribution in [2.24, 2.45) is 12.8 Å². The Morgan fingerprint density at radius 2 is 2.58 bits per heavy atom. The van der Waals surface area contributed by atoms with Gasteiger partial charge in [-0.15, -0.1) is 0 Å². The van der Waals surface area contributed by atoms with E-state index in [1.807, 2.05) is 7.05 Å². The molecule has 0 fully saturated rings. The van der Waals surface area contributed by atoms with Crippen LogP contribution in [0.2, 0.25) is 0 Å². The van der Waals surface area contributed by atoms with Gasteiger partial charge in [0.2, 0.25) is 0 Å². The third-order valence-corrected chi connectivity index (χ3v) is 2.31. The SMILES string of the molecule is Cn1ncnc1SCCC(=N)N. The molecule has 0 spiro atoms. The molecular weight excluding hydrogens is 174 g/mol. The van der Waals surface area contributed by atoms with Gasteiger partial charge in [-0.3, -0.25) is 5.41 Å². The molecule has 0 saturated heterocycles. The predicted octanol–water partition coefficient (Wildman–Crippen LogP) is 0.233. The van der Waals surface area contributed by atoms with Crippen LogP contribution in [0.4, 0.5) is 0 Å². The molecule has 5 nitrogen and oxygen atoms in total. The predicted molar refractivity (Wildman–Crippen MR) is 48.3 cm³/mol. The lowest BCUT2D eigenvalue weighted by molar-refractivity contribution is 0.685. The molecule has 12 heavy (non-hydrogen) atoms. The fraction of sp³-hybridized carbons (Fsp3) is 0.500. The lowest BCUT2D eigenvalue weighted by Crippen LogP contribution is -2.10. The van der Waals surface area contributed by atoms with Crippen molar-refractivity contribution in [3.05, 3.63) is 6.33 Å². The van der Waals surface area contributed by atoms with Gasteiger partial charge in [-0.05, 0) is 0 Å². The van der Waals surface area contributed by atoms with Crippen molar-refractivity contribution in [1.82, 2.24) is 14.8 Å². The summed E-state index contributed by atoms with van der Waals surface area (Å²) in [5.41, 5.74) is 5.20. The third kappa shape index (κ3) is 2.54. The molecule has 1 rings (SSSR count). The Morgan fingerprint density at radius 3 is 3.08 bits per heavy atom. The Morgan fingerprint density at radius 1 is 1.83 bits per heavy atom. The van der Waals surface area contributed by atoms with Gasteiger partial charge in [0.05, 0.1) is 5.84 Å². The Labute approximate surface area is 74.9 Å². The summed E-state index contributed by atoms with van der Waals surface area (Å²) in [7, 11) is 1.84. The van der Waals surface area contributed by atoms with Crippen molar-refractivity contribution in [1.29, 1.82) is 5.41 Å². The van der Waals surface area contributed by atoms with Crippen molar-refractivity contribution in [2.45, 2.75) is 11.6 Å². The second-order valence-corrected chi connectivity index (χ2v) is 3.35. The van der Waals surface area contributed by atoms with Crippen molar-refractivity contribution in [3.63, 3.8) is 0 Å². The minimum absolute atomic E-state index is 0.213. The quantitative estimate of drug-likeness (QED) is 0.400. The molecule has 1 aromatic rings. The summed E-state index contributed by atoms with van der Waals surface area (Å²) in [6.07, 6.45) is 2.10. The zero-order valence-electron chi connectivity index (χ0n) is 6.82. The van der Waals surface area contributed by atoms with Crippen molar-refractivity contribution in [2.75, 3.05) is 5.75 Å². The number of thioether (sulfide) groups is 1. The molecule has 3 N–H and O–H groups in total. The Hall–Kier alpha value is -1.04. The summed E-state index contributed by atoms with van der Waals surface area (Å²) < 4.78 is 1.70. The molecule has 0 bridgehead atoms. The van der Waals surface area contributed by atoms with E-state index in [1.54, 1.807) is 16.4 Å². The van der Waals surface area contributed by atoms with Crippen LogP contribution in [0.15, 0.2) is 11.5 Å². The highest BCUT2D eigenvalue weighted by Gasteiger charge is 2.00. The second-order valence-electron chi connectivity index (χ2n) is 2.29. The van der Waals surface area contributed by atoms with Crippen LogP contribution in [0.25, 0.3) is 0 Å². The van der Waals surface area contributed by atoms with Gasteiger partial charge in [0.15, 0.2) is 5.16 Å². The molecule has 1 heterocycles. The Bertz CT molecular complexity index is 269. The molecule has 6 heteroatoms. The van der Waals surface area contributed by atoms with Crippen LogP contribution in [0, 0.1) is 5.41 Å². The summed E-state index contributed by atoms with van der Waals surface area (Å²) in [5, 5.41) is 11.8. The molecule has 66 valence electrons. The smallest absolute Gasteiger partial charge is 0.185 e. The molecule has 0 aliphatic rings. The molecular formula is C6H11N5S. The standard InChI is InChI=1S/C6H11N5S/c1-11-6(9-4-10-11)12-3-2-5(7)8/h4H,2-3H2,1H3,(H3,7,8). The van der Waals surface area contributed by atoms with E-state index in [1.165, 1.54) is 6.33 Å². The van der Waals surface area contributed by atoms with Gasteiger partial charge < -0.3 is 5.73 Å². The minimum Gasteiger partial charge on any atom is -0.388 e. The lowest BCUT2D eigenvalue weighted by atomic mass is 10.5. The number of nitrogens with two attached hydrogens (primary N) is 1. The minimum atomic E-state index is 0.213. The van der Waals surface area contributed by atoms with Crippen molar-refractivity contribution < 1.29 is 0 Å². The van der Waals surface area contributed by atoms with E-state index in [4.69, 9.17) is 11.1 Å². The first-order valence-corrected chi connectivity index (χ1v) is 4.48. The number of rotatable bonds is 4. The number of aromatic nitrogens is 3. The normalized spacial score (nSPS) is 10.1. The molecule has 0 aliphatic heterocycles. The molecule has 0 atom stereocenters. The third-order valence-electron chi connectivity index (χ3n) is 1.27. The average Bonchev–Trinajstić information content (AvgIpc) is 2.36. The topological polar surface area (TPSA) is 80.6 Å². The van der Waals surface area contributed by atoms with Crippen LogP contribution >= 0.6 is 11.8 Å². The fourth-order valence-corrected chi connectivity index (χ4v) is 1.53. The van der Waals surface area contributed by atoms with Crippen LogP contribution in [-0.2, 0) is 7.05 Å². The summed E-state index contributed by atoms with van der Waals surface area (Å²) in [6, 6.07) is 0. The van der Waals surface area contributed by atoms with Crippen LogP contribution in [0.5, 0.6) is 0 Å². The van der Waals surface area contributed by atoms with Gasteiger partial charge in [-0.1, -0.05) is 11.8 Å². The Balaban J connectivity index is 2.33. The molecule has 0 saturated carbocycles. The first-order valence-electron chi connectivity index (χ1n) is 3.50. The van der Waals surface area contributed by atoms with E-state index >= 15 is 0 Å². The first-order chi connectivity index (χ1) is 5.70. The van der Waals surface area contributed by atoms with Crippen LogP contribution in [-0.4, -0.2) is 26.4 Å². The van der Waals surface area contributed by atoms with E-state index in [0.717, 1.165) is 10.9 Å². The summed E-state index contributed by atoms with van der Waals surface area (Å²) in [4.78, 5) is 4.02. The van der Waals surface area contributed by atoms with Gasteiger partial charge in [0, 0.05) is 19.2 Å². The van der Waals surface area contributed by atoms with Gasteiger partial charge in [0.25, 0.3) is 0 Å². The van der Waals surface area contributed by atoms with E-state index in [2.05, 4.69) is 10.1 Å². The Kier molecular flexibility index (Phi) is 3.09. The first kappa shape index (κ1) is 9.05. The van der Waals surface area contributed by atoms with Crippen molar-refractivity contribution >= 4 is 17.6 Å². The van der Waals surface area contributed by atoms with E-state index in [9.17, 15) is 0 Å². The molecule has 0 aromatic carbocycles. The van der Waals surface area contributed by atoms with Gasteiger partial charge >= 0.3 is 0 Å². The van der Waals surface area contributed by atoms with Crippen LogP contribution < -0.4 is 5.73 Å². The maximum atomic E-state index is 7.00. The van der Waals surface area contributed by atoms with Crippen LogP contribution in [0.3, 0.4) is 0 Å². The van der Waals surface area contributed by atoms with E-state index < -0.39 is 0 Å². The van der Waals surface area contributed by atoms with Crippen LogP contribution in [0.1, 0.15) is 6.42 Å². The molecule has 0 unspecified atom stereocenters.